The summed E-state index contributed by atoms with van der Waals surface area (Å²) in [6.07, 6.45) is 4.06. The molecule has 0 amide bonds. The highest BCUT2D eigenvalue weighted by atomic mass is 19.3. The van der Waals surface area contributed by atoms with Gasteiger partial charge in [-0.05, 0) is 24.1 Å². The monoisotopic (exact) mass is 384 g/mol. The van der Waals surface area contributed by atoms with Crippen LogP contribution >= 0.6 is 0 Å². The molecule has 2 heterocycles. The van der Waals surface area contributed by atoms with Gasteiger partial charge in [0.05, 0.1) is 18.4 Å². The Kier molecular flexibility index (Phi) is 5.27. The summed E-state index contributed by atoms with van der Waals surface area (Å²) in [5.74, 6) is -3.97. The number of aromatic nitrogens is 3. The Morgan fingerprint density at radius 2 is 2.00 bits per heavy atom. The molecular formula is C20H15F3N4O. The molecule has 0 saturated carbocycles. The zero-order chi connectivity index (χ0) is 20.3. The first-order valence-corrected chi connectivity index (χ1v) is 8.32. The number of nitrogens with zero attached hydrogens (tertiary/aromatic N) is 4. The molecule has 0 fully saturated rings. The van der Waals surface area contributed by atoms with Crippen LogP contribution in [0.25, 0.3) is 11.4 Å². The molecule has 0 N–H and O–H groups in total. The van der Waals surface area contributed by atoms with Crippen molar-refractivity contribution in [2.75, 3.05) is 6.67 Å². The van der Waals surface area contributed by atoms with Crippen LogP contribution in [0.5, 0.6) is 0 Å². The zero-order valence-electron chi connectivity index (χ0n) is 14.9. The van der Waals surface area contributed by atoms with E-state index in [1.165, 1.54) is 29.2 Å². The van der Waals surface area contributed by atoms with Gasteiger partial charge in [-0.15, -0.1) is 0 Å². The van der Waals surface area contributed by atoms with Crippen LogP contribution in [0.1, 0.15) is 22.3 Å². The van der Waals surface area contributed by atoms with Crippen molar-refractivity contribution in [2.45, 2.75) is 19.4 Å². The number of benzene rings is 1. The highest BCUT2D eigenvalue weighted by Gasteiger charge is 2.37. The number of alkyl halides is 3. The lowest BCUT2D eigenvalue weighted by molar-refractivity contribution is -0.0285. The van der Waals surface area contributed by atoms with Crippen LogP contribution < -0.4 is 5.56 Å². The molecule has 3 rings (SSSR count). The summed E-state index contributed by atoms with van der Waals surface area (Å²) < 4.78 is 42.4. The summed E-state index contributed by atoms with van der Waals surface area (Å²) in [6, 6.07) is 9.70. The van der Waals surface area contributed by atoms with Crippen molar-refractivity contribution in [3.63, 3.8) is 0 Å². The van der Waals surface area contributed by atoms with Crippen molar-refractivity contribution < 1.29 is 13.2 Å². The Balaban J connectivity index is 2.33. The predicted octanol–water partition coefficient (Wildman–Crippen LogP) is 3.60. The van der Waals surface area contributed by atoms with Crippen molar-refractivity contribution >= 4 is 0 Å². The molecular weight excluding hydrogens is 369 g/mol. The molecule has 0 spiro atoms. The van der Waals surface area contributed by atoms with Gasteiger partial charge in [0.1, 0.15) is 17.3 Å². The number of halogens is 3. The third-order valence-corrected chi connectivity index (χ3v) is 4.39. The predicted molar refractivity (Wildman–Crippen MR) is 96.6 cm³/mol. The van der Waals surface area contributed by atoms with Crippen LogP contribution in [-0.4, -0.2) is 21.2 Å². The molecule has 0 unspecified atom stereocenters. The zero-order valence-corrected chi connectivity index (χ0v) is 14.9. The molecule has 0 aliphatic carbocycles. The van der Waals surface area contributed by atoms with Gasteiger partial charge >= 0.3 is 5.92 Å². The highest BCUT2D eigenvalue weighted by Crippen LogP contribution is 2.32. The highest BCUT2D eigenvalue weighted by molar-refractivity contribution is 5.58. The van der Waals surface area contributed by atoms with Crippen LogP contribution in [0.2, 0.25) is 0 Å². The fourth-order valence-electron chi connectivity index (χ4n) is 2.87. The van der Waals surface area contributed by atoms with Crippen LogP contribution in [0.3, 0.4) is 0 Å². The van der Waals surface area contributed by atoms with Crippen LogP contribution in [-0.2, 0) is 12.5 Å². The minimum Gasteiger partial charge on any atom is -0.301 e. The summed E-state index contributed by atoms with van der Waals surface area (Å²) in [7, 11) is 0. The molecule has 5 nitrogen and oxygen atoms in total. The fourth-order valence-corrected chi connectivity index (χ4v) is 2.87. The minimum absolute atomic E-state index is 0.0310. The molecule has 0 radical (unpaired) electrons. The van der Waals surface area contributed by atoms with Crippen LogP contribution in [0, 0.1) is 18.3 Å². The number of hydrogen-bond donors (Lipinski definition) is 0. The van der Waals surface area contributed by atoms with Gasteiger partial charge in [-0.3, -0.25) is 14.8 Å². The van der Waals surface area contributed by atoms with E-state index in [1.54, 1.807) is 12.1 Å². The summed E-state index contributed by atoms with van der Waals surface area (Å²) >= 11 is 0. The first-order chi connectivity index (χ1) is 13.4. The fraction of sp³-hybridized carbons (Fsp3) is 0.200. The van der Waals surface area contributed by atoms with Crippen LogP contribution in [0.15, 0.2) is 53.7 Å². The van der Waals surface area contributed by atoms with Crippen LogP contribution in [0.4, 0.5) is 13.2 Å². The summed E-state index contributed by atoms with van der Waals surface area (Å²) in [5, 5.41) is 9.32. The topological polar surface area (TPSA) is 71.6 Å². The molecule has 142 valence electrons. The standard InChI is InChI=1S/C20H15F3N4O/c1-13-4-2-3-5-14(13)11-27-18(17-10-25-6-7-26-17)8-16(20(22,23)12-21)15(9-24)19(27)28/h2-8,10H,11-12H2,1H3. The number of rotatable bonds is 5. The second-order valence-electron chi connectivity index (χ2n) is 6.18. The molecule has 0 bridgehead atoms. The lowest BCUT2D eigenvalue weighted by Crippen LogP contribution is -2.30. The molecule has 28 heavy (non-hydrogen) atoms. The largest absolute Gasteiger partial charge is 0.302 e. The molecule has 0 aliphatic heterocycles. The lowest BCUT2D eigenvalue weighted by atomic mass is 10.0. The second kappa shape index (κ2) is 7.64. The number of aryl methyl sites for hydroxylation is 1. The SMILES string of the molecule is Cc1ccccc1Cn1c(-c2cnccn2)cc(C(F)(F)CF)c(C#N)c1=O. The molecule has 3 aromatic rings. The molecule has 0 saturated heterocycles. The van der Waals surface area contributed by atoms with Gasteiger partial charge in [0.15, 0.2) is 6.67 Å². The van der Waals surface area contributed by atoms with Gasteiger partial charge in [0.2, 0.25) is 0 Å². The van der Waals surface area contributed by atoms with E-state index in [0.29, 0.717) is 0 Å². The van der Waals surface area contributed by atoms with Crippen molar-refractivity contribution in [3.05, 3.63) is 81.5 Å². The molecule has 8 heteroatoms. The third-order valence-electron chi connectivity index (χ3n) is 4.39. The lowest BCUT2D eigenvalue weighted by Gasteiger charge is -2.19. The van der Waals surface area contributed by atoms with E-state index in [0.717, 1.165) is 17.2 Å². The van der Waals surface area contributed by atoms with Crippen molar-refractivity contribution in [2.24, 2.45) is 0 Å². The average Bonchev–Trinajstić information content (AvgIpc) is 2.71. The maximum absolute atomic E-state index is 14.1. The smallest absolute Gasteiger partial charge is 0.301 e. The molecule has 1 aromatic carbocycles. The van der Waals surface area contributed by atoms with E-state index in [-0.39, 0.29) is 17.9 Å². The van der Waals surface area contributed by atoms with Crippen molar-refractivity contribution in [3.8, 4) is 17.5 Å². The first-order valence-electron chi connectivity index (χ1n) is 8.32. The third kappa shape index (κ3) is 3.51. The normalized spacial score (nSPS) is 11.2. The van der Waals surface area contributed by atoms with Gasteiger partial charge in [0, 0.05) is 18.0 Å². The molecule has 0 aliphatic rings. The Labute approximate surface area is 158 Å². The number of hydrogen-bond acceptors (Lipinski definition) is 4. The van der Waals surface area contributed by atoms with Gasteiger partial charge in [0.25, 0.3) is 5.56 Å². The molecule has 2 aromatic heterocycles. The number of pyridine rings is 1. The summed E-state index contributed by atoms with van der Waals surface area (Å²) in [5.41, 5.74) is -0.832. The summed E-state index contributed by atoms with van der Waals surface area (Å²) in [4.78, 5) is 20.9. The van der Waals surface area contributed by atoms with E-state index in [4.69, 9.17) is 0 Å². The maximum atomic E-state index is 14.1. The molecule has 0 atom stereocenters. The second-order valence-corrected chi connectivity index (χ2v) is 6.18. The minimum atomic E-state index is -3.97. The van der Waals surface area contributed by atoms with Crippen molar-refractivity contribution in [1.82, 2.24) is 14.5 Å². The van der Waals surface area contributed by atoms with Gasteiger partial charge in [-0.25, -0.2) is 4.39 Å². The van der Waals surface area contributed by atoms with E-state index in [9.17, 15) is 23.2 Å². The van der Waals surface area contributed by atoms with Gasteiger partial charge < -0.3 is 4.57 Å². The Bertz CT molecular complexity index is 1100. The average molecular weight is 384 g/mol. The van der Waals surface area contributed by atoms with Gasteiger partial charge in [-0.2, -0.15) is 14.0 Å². The number of nitriles is 1. The van der Waals surface area contributed by atoms with E-state index in [1.807, 2.05) is 19.1 Å². The first kappa shape index (κ1) is 19.3. The Morgan fingerprint density at radius 3 is 2.61 bits per heavy atom. The van der Waals surface area contributed by atoms with E-state index >= 15 is 0 Å². The van der Waals surface area contributed by atoms with Crippen molar-refractivity contribution in [1.29, 1.82) is 5.26 Å². The van der Waals surface area contributed by atoms with Gasteiger partial charge in [-0.1, -0.05) is 24.3 Å². The Hall–Kier alpha value is -3.47. The van der Waals surface area contributed by atoms with E-state index in [2.05, 4.69) is 9.97 Å². The Morgan fingerprint density at radius 1 is 1.25 bits per heavy atom. The van der Waals surface area contributed by atoms with E-state index < -0.39 is 29.3 Å². The quantitative estimate of drug-likeness (QED) is 0.674. The maximum Gasteiger partial charge on any atom is 0.302 e. The summed E-state index contributed by atoms with van der Waals surface area (Å²) in [6.45, 7) is -0.143.